The molecule has 0 amide bonds. The largest absolute Gasteiger partial charge is 0.242 e. The number of hydrogen-bond acceptors (Lipinski definition) is 0. The third-order valence-electron chi connectivity index (χ3n) is 0.492. The summed E-state index contributed by atoms with van der Waals surface area (Å²) in [6.07, 6.45) is -5.91. The Kier molecular flexibility index (Phi) is 3.56. The van der Waals surface area contributed by atoms with Gasteiger partial charge in [-0.25, -0.2) is 17.6 Å². The Morgan fingerprint density at radius 1 is 1.12 bits per heavy atom. The van der Waals surface area contributed by atoms with Crippen LogP contribution in [0, 0.1) is 6.42 Å². The summed E-state index contributed by atoms with van der Waals surface area (Å²) >= 11 is 0. The molecular weight excluding hydrogens is 124 g/mol. The van der Waals surface area contributed by atoms with Gasteiger partial charge < -0.3 is 0 Å². The van der Waals surface area contributed by atoms with Gasteiger partial charge in [0.05, 0.1) is 0 Å². The van der Waals surface area contributed by atoms with Gasteiger partial charge in [-0.3, -0.25) is 0 Å². The van der Waals surface area contributed by atoms with Gasteiger partial charge in [-0.1, -0.05) is 0 Å². The van der Waals surface area contributed by atoms with Crippen LogP contribution in [0.4, 0.5) is 17.6 Å². The molecule has 4 heteroatoms. The lowest BCUT2D eigenvalue weighted by molar-refractivity contribution is 0.119. The number of halogens is 4. The van der Waals surface area contributed by atoms with E-state index in [0.717, 1.165) is 0 Å². The van der Waals surface area contributed by atoms with Crippen LogP contribution in [0.2, 0.25) is 0 Å². The summed E-state index contributed by atoms with van der Waals surface area (Å²) in [6.45, 7) is 0. The van der Waals surface area contributed by atoms with E-state index in [1.807, 2.05) is 0 Å². The Morgan fingerprint density at radius 3 is 1.75 bits per heavy atom. The molecule has 0 rings (SSSR count). The Balaban J connectivity index is 2.93. The van der Waals surface area contributed by atoms with Crippen molar-refractivity contribution in [1.29, 1.82) is 0 Å². The minimum Gasteiger partial charge on any atom is -0.211 e. The van der Waals surface area contributed by atoms with Crippen molar-refractivity contribution in [2.24, 2.45) is 0 Å². The smallest absolute Gasteiger partial charge is 0.211 e. The van der Waals surface area contributed by atoms with Crippen LogP contribution in [0.3, 0.4) is 0 Å². The van der Waals surface area contributed by atoms with Crippen molar-refractivity contribution >= 4 is 0 Å². The summed E-state index contributed by atoms with van der Waals surface area (Å²) < 4.78 is 44.1. The number of rotatable bonds is 3. The van der Waals surface area contributed by atoms with Gasteiger partial charge in [0, 0.05) is 12.8 Å². The first-order chi connectivity index (χ1) is 3.63. The van der Waals surface area contributed by atoms with Crippen molar-refractivity contribution in [3.05, 3.63) is 6.42 Å². The van der Waals surface area contributed by atoms with Gasteiger partial charge in [0.25, 0.3) is 0 Å². The Hall–Kier alpha value is -0.280. The van der Waals surface area contributed by atoms with E-state index in [-0.39, 0.29) is 6.42 Å². The molecule has 0 aromatic carbocycles. The third-order valence-corrected chi connectivity index (χ3v) is 0.492. The van der Waals surface area contributed by atoms with Crippen molar-refractivity contribution in [2.75, 3.05) is 0 Å². The van der Waals surface area contributed by atoms with E-state index in [2.05, 4.69) is 0 Å². The molecule has 0 saturated carbocycles. The molecular formula is C4H5F4. The van der Waals surface area contributed by atoms with Gasteiger partial charge in [0.1, 0.15) is 0 Å². The highest BCUT2D eigenvalue weighted by atomic mass is 19.3. The monoisotopic (exact) mass is 129 g/mol. The van der Waals surface area contributed by atoms with Gasteiger partial charge in [-0.15, -0.1) is 0 Å². The zero-order valence-electron chi connectivity index (χ0n) is 3.95. The van der Waals surface area contributed by atoms with Crippen LogP contribution in [0.1, 0.15) is 6.42 Å². The van der Waals surface area contributed by atoms with Gasteiger partial charge in [0.15, 0.2) is 0 Å². The molecule has 0 bridgehead atoms. The topological polar surface area (TPSA) is 0 Å². The minimum absolute atomic E-state index is 0.282. The first kappa shape index (κ1) is 7.72. The van der Waals surface area contributed by atoms with Crippen LogP contribution in [0.25, 0.3) is 0 Å². The molecule has 0 saturated heterocycles. The van der Waals surface area contributed by atoms with Crippen molar-refractivity contribution in [1.82, 2.24) is 0 Å². The molecule has 0 atom stereocenters. The highest BCUT2D eigenvalue weighted by Gasteiger charge is 2.08. The van der Waals surface area contributed by atoms with Crippen molar-refractivity contribution in [3.63, 3.8) is 0 Å². The normalized spacial score (nSPS) is 11.2. The van der Waals surface area contributed by atoms with Gasteiger partial charge >= 0.3 is 0 Å². The van der Waals surface area contributed by atoms with Crippen LogP contribution in [-0.2, 0) is 0 Å². The summed E-state index contributed by atoms with van der Waals surface area (Å²) in [5.74, 6) is 0. The molecule has 0 aliphatic heterocycles. The first-order valence-electron chi connectivity index (χ1n) is 2.02. The number of hydrogen-bond donors (Lipinski definition) is 0. The SMILES string of the molecule is FC(F)[CH]CC(F)F. The van der Waals surface area contributed by atoms with Crippen molar-refractivity contribution in [3.8, 4) is 0 Å². The molecule has 49 valence electrons. The second kappa shape index (κ2) is 3.69. The first-order valence-corrected chi connectivity index (χ1v) is 2.02. The third kappa shape index (κ3) is 5.72. The van der Waals surface area contributed by atoms with Crippen LogP contribution in [0.15, 0.2) is 0 Å². The zero-order valence-corrected chi connectivity index (χ0v) is 3.95. The molecule has 0 aromatic heterocycles. The average molecular weight is 129 g/mol. The van der Waals surface area contributed by atoms with Gasteiger partial charge in [-0.05, 0) is 0 Å². The Bertz CT molecular complexity index is 44.0. The van der Waals surface area contributed by atoms with Crippen LogP contribution >= 0.6 is 0 Å². The number of alkyl halides is 4. The minimum atomic E-state index is -2.72. The summed E-state index contributed by atoms with van der Waals surface area (Å²) in [6, 6.07) is 0. The van der Waals surface area contributed by atoms with Gasteiger partial charge in [0.2, 0.25) is 12.9 Å². The molecule has 1 radical (unpaired) electrons. The lowest BCUT2D eigenvalue weighted by Crippen LogP contribution is -1.97. The van der Waals surface area contributed by atoms with Crippen LogP contribution in [-0.4, -0.2) is 12.9 Å². The van der Waals surface area contributed by atoms with E-state index >= 15 is 0 Å². The maximum Gasteiger partial charge on any atom is 0.242 e. The van der Waals surface area contributed by atoms with E-state index in [4.69, 9.17) is 0 Å². The predicted octanol–water partition coefficient (Wildman–Crippen LogP) is 2.11. The second-order valence-corrected chi connectivity index (χ2v) is 1.20. The molecule has 0 fully saturated rings. The van der Waals surface area contributed by atoms with Crippen molar-refractivity contribution < 1.29 is 17.6 Å². The molecule has 0 aromatic rings. The molecule has 0 nitrogen and oxygen atoms in total. The highest BCUT2D eigenvalue weighted by molar-refractivity contribution is 4.67. The fourth-order valence-electron chi connectivity index (χ4n) is 0.206. The van der Waals surface area contributed by atoms with E-state index in [9.17, 15) is 17.6 Å². The lowest BCUT2D eigenvalue weighted by atomic mass is 10.3. The molecule has 0 N–H and O–H groups in total. The maximum absolute atomic E-state index is 11.0. The fraction of sp³-hybridized carbons (Fsp3) is 0.750. The van der Waals surface area contributed by atoms with Crippen molar-refractivity contribution in [2.45, 2.75) is 19.3 Å². The van der Waals surface area contributed by atoms with E-state index in [0.29, 0.717) is 0 Å². The molecule has 0 spiro atoms. The van der Waals surface area contributed by atoms with Crippen LogP contribution < -0.4 is 0 Å². The summed E-state index contributed by atoms with van der Waals surface area (Å²) in [5.41, 5.74) is 0. The lowest BCUT2D eigenvalue weighted by Gasteiger charge is -1.94. The zero-order chi connectivity index (χ0) is 6.57. The highest BCUT2D eigenvalue weighted by Crippen LogP contribution is 2.07. The quantitative estimate of drug-likeness (QED) is 0.512. The van der Waals surface area contributed by atoms with E-state index in [1.54, 1.807) is 0 Å². The second-order valence-electron chi connectivity index (χ2n) is 1.20. The van der Waals surface area contributed by atoms with E-state index < -0.39 is 19.3 Å². The molecule has 0 unspecified atom stereocenters. The summed E-state index contributed by atoms with van der Waals surface area (Å²) in [7, 11) is 0. The summed E-state index contributed by atoms with van der Waals surface area (Å²) in [4.78, 5) is 0. The van der Waals surface area contributed by atoms with Crippen LogP contribution in [0.5, 0.6) is 0 Å². The van der Waals surface area contributed by atoms with Gasteiger partial charge in [-0.2, -0.15) is 0 Å². The molecule has 0 aliphatic carbocycles. The Labute approximate surface area is 44.5 Å². The Morgan fingerprint density at radius 2 is 1.62 bits per heavy atom. The predicted molar refractivity (Wildman–Crippen MR) is 20.9 cm³/mol. The van der Waals surface area contributed by atoms with E-state index in [1.165, 1.54) is 0 Å². The standard InChI is InChI=1S/C4H5F4/c5-3(6)1-2-4(7)8/h1,3-4H,2H2. The average Bonchev–Trinajstić information content (AvgIpc) is 1.61. The summed E-state index contributed by atoms with van der Waals surface area (Å²) in [5, 5.41) is 0. The fourth-order valence-corrected chi connectivity index (χ4v) is 0.206. The molecule has 8 heavy (non-hydrogen) atoms. The molecule has 0 heterocycles. The maximum atomic E-state index is 11.0. The molecule has 0 aliphatic rings.